The predicted octanol–water partition coefficient (Wildman–Crippen LogP) is 3.30. The van der Waals surface area contributed by atoms with E-state index >= 15 is 0 Å². The fraction of sp³-hybridized carbons (Fsp3) is 0.0769. The quantitative estimate of drug-likeness (QED) is 0.826. The lowest BCUT2D eigenvalue weighted by molar-refractivity contribution is 0.102. The molecule has 4 heteroatoms. The summed E-state index contributed by atoms with van der Waals surface area (Å²) in [7, 11) is 0. The molecule has 0 unspecified atom stereocenters. The van der Waals surface area contributed by atoms with Gasteiger partial charge in [-0.05, 0) is 30.7 Å². The first-order valence-electron chi connectivity index (χ1n) is 5.15. The molecule has 1 N–H and O–H groups in total. The van der Waals surface area contributed by atoms with Gasteiger partial charge in [0.25, 0.3) is 5.91 Å². The molecule has 0 radical (unpaired) electrons. The normalized spacial score (nSPS) is 10.0. The number of pyridine rings is 1. The summed E-state index contributed by atoms with van der Waals surface area (Å²) in [5.41, 5.74) is 2.30. The average molecular weight is 247 g/mol. The molecular weight excluding hydrogens is 236 g/mol. The van der Waals surface area contributed by atoms with Crippen LogP contribution in [0.25, 0.3) is 0 Å². The van der Waals surface area contributed by atoms with E-state index in [1.165, 1.54) is 6.20 Å². The maximum absolute atomic E-state index is 11.9. The molecule has 1 amide bonds. The Kier molecular flexibility index (Phi) is 3.40. The Morgan fingerprint density at radius 2 is 2.00 bits per heavy atom. The molecule has 0 saturated heterocycles. The van der Waals surface area contributed by atoms with Crippen LogP contribution in [0.15, 0.2) is 42.6 Å². The van der Waals surface area contributed by atoms with Crippen molar-refractivity contribution in [1.29, 1.82) is 0 Å². The van der Waals surface area contributed by atoms with Crippen molar-refractivity contribution in [3.8, 4) is 0 Å². The number of rotatable bonds is 2. The Balaban J connectivity index is 2.17. The number of hydrogen-bond acceptors (Lipinski definition) is 2. The average Bonchev–Trinajstić information content (AvgIpc) is 2.33. The Bertz CT molecular complexity index is 537. The minimum Gasteiger partial charge on any atom is -0.322 e. The van der Waals surface area contributed by atoms with Gasteiger partial charge in [0, 0.05) is 11.9 Å². The standard InChI is InChI=1S/C13H11ClN2O/c1-9-4-2-3-5-11(9)16-13(17)10-6-7-12(14)15-8-10/h2-8H,1H3,(H,16,17). The maximum atomic E-state index is 11.9. The number of nitrogens with zero attached hydrogens (tertiary/aromatic N) is 1. The summed E-state index contributed by atoms with van der Waals surface area (Å²) in [4.78, 5) is 15.8. The SMILES string of the molecule is Cc1ccccc1NC(=O)c1ccc(Cl)nc1. The van der Waals surface area contributed by atoms with Crippen molar-refractivity contribution in [2.45, 2.75) is 6.92 Å². The zero-order chi connectivity index (χ0) is 12.3. The van der Waals surface area contributed by atoms with E-state index in [1.54, 1.807) is 12.1 Å². The van der Waals surface area contributed by atoms with E-state index in [1.807, 2.05) is 31.2 Å². The monoisotopic (exact) mass is 246 g/mol. The van der Waals surface area contributed by atoms with Crippen LogP contribution in [-0.4, -0.2) is 10.9 Å². The highest BCUT2D eigenvalue weighted by atomic mass is 35.5. The molecule has 0 aliphatic carbocycles. The lowest BCUT2D eigenvalue weighted by atomic mass is 10.2. The third kappa shape index (κ3) is 2.82. The smallest absolute Gasteiger partial charge is 0.257 e. The molecule has 2 aromatic rings. The van der Waals surface area contributed by atoms with E-state index < -0.39 is 0 Å². The van der Waals surface area contributed by atoms with Gasteiger partial charge < -0.3 is 5.32 Å². The second kappa shape index (κ2) is 4.97. The summed E-state index contributed by atoms with van der Waals surface area (Å²) in [6, 6.07) is 10.8. The number of hydrogen-bond donors (Lipinski definition) is 1. The molecule has 0 spiro atoms. The summed E-state index contributed by atoms with van der Waals surface area (Å²) < 4.78 is 0. The van der Waals surface area contributed by atoms with Crippen LogP contribution >= 0.6 is 11.6 Å². The first-order chi connectivity index (χ1) is 8.16. The molecule has 0 fully saturated rings. The summed E-state index contributed by atoms with van der Waals surface area (Å²) in [6.45, 7) is 1.94. The first-order valence-corrected chi connectivity index (χ1v) is 5.53. The van der Waals surface area contributed by atoms with Gasteiger partial charge in [0.05, 0.1) is 5.56 Å². The molecule has 86 valence electrons. The Labute approximate surface area is 104 Å². The van der Waals surface area contributed by atoms with Crippen molar-refractivity contribution in [3.63, 3.8) is 0 Å². The van der Waals surface area contributed by atoms with Crippen LogP contribution in [-0.2, 0) is 0 Å². The third-order valence-electron chi connectivity index (χ3n) is 2.38. The zero-order valence-electron chi connectivity index (χ0n) is 9.27. The van der Waals surface area contributed by atoms with Crippen LogP contribution < -0.4 is 5.32 Å². The summed E-state index contributed by atoms with van der Waals surface area (Å²) in [5.74, 6) is -0.191. The highest BCUT2D eigenvalue weighted by Gasteiger charge is 2.07. The van der Waals surface area contributed by atoms with Gasteiger partial charge in [-0.1, -0.05) is 29.8 Å². The number of halogens is 1. The van der Waals surface area contributed by atoms with Crippen LogP contribution in [0.5, 0.6) is 0 Å². The molecule has 0 saturated carbocycles. The molecule has 1 aromatic carbocycles. The number of nitrogens with one attached hydrogen (secondary N) is 1. The maximum Gasteiger partial charge on any atom is 0.257 e. The molecule has 2 rings (SSSR count). The number of carbonyl (C=O) groups is 1. The highest BCUT2D eigenvalue weighted by Crippen LogP contribution is 2.14. The Hall–Kier alpha value is -1.87. The minimum absolute atomic E-state index is 0.191. The van der Waals surface area contributed by atoms with Gasteiger partial charge in [0.1, 0.15) is 5.15 Å². The van der Waals surface area contributed by atoms with Crippen LogP contribution in [0.2, 0.25) is 5.15 Å². The van der Waals surface area contributed by atoms with Crippen molar-refractivity contribution in [3.05, 3.63) is 58.9 Å². The van der Waals surface area contributed by atoms with Gasteiger partial charge >= 0.3 is 0 Å². The van der Waals surface area contributed by atoms with E-state index in [4.69, 9.17) is 11.6 Å². The fourth-order valence-corrected chi connectivity index (χ4v) is 1.53. The Morgan fingerprint density at radius 3 is 2.65 bits per heavy atom. The number of carbonyl (C=O) groups excluding carboxylic acids is 1. The van der Waals surface area contributed by atoms with E-state index in [-0.39, 0.29) is 5.91 Å². The number of para-hydroxylation sites is 1. The van der Waals surface area contributed by atoms with Crippen LogP contribution in [0.4, 0.5) is 5.69 Å². The second-order valence-corrected chi connectivity index (χ2v) is 4.03. The fourth-order valence-electron chi connectivity index (χ4n) is 1.42. The van der Waals surface area contributed by atoms with E-state index in [9.17, 15) is 4.79 Å². The number of benzene rings is 1. The largest absolute Gasteiger partial charge is 0.322 e. The van der Waals surface area contributed by atoms with Crippen molar-refractivity contribution in [2.75, 3.05) is 5.32 Å². The van der Waals surface area contributed by atoms with Crippen molar-refractivity contribution < 1.29 is 4.79 Å². The van der Waals surface area contributed by atoms with Crippen molar-refractivity contribution in [1.82, 2.24) is 4.98 Å². The lowest BCUT2D eigenvalue weighted by Gasteiger charge is -2.07. The van der Waals surface area contributed by atoms with Crippen LogP contribution in [0.3, 0.4) is 0 Å². The van der Waals surface area contributed by atoms with Gasteiger partial charge in [-0.25, -0.2) is 4.98 Å². The molecule has 1 heterocycles. The van der Waals surface area contributed by atoms with E-state index in [2.05, 4.69) is 10.3 Å². The molecule has 0 atom stereocenters. The Morgan fingerprint density at radius 1 is 1.24 bits per heavy atom. The zero-order valence-corrected chi connectivity index (χ0v) is 10.0. The summed E-state index contributed by atoms with van der Waals surface area (Å²) >= 11 is 5.66. The number of aryl methyl sites for hydroxylation is 1. The molecule has 0 aliphatic heterocycles. The summed E-state index contributed by atoms with van der Waals surface area (Å²) in [5, 5.41) is 3.20. The first kappa shape index (κ1) is 11.6. The van der Waals surface area contributed by atoms with Crippen molar-refractivity contribution >= 4 is 23.2 Å². The van der Waals surface area contributed by atoms with Crippen LogP contribution in [0.1, 0.15) is 15.9 Å². The van der Waals surface area contributed by atoms with E-state index in [0.717, 1.165) is 11.3 Å². The topological polar surface area (TPSA) is 42.0 Å². The van der Waals surface area contributed by atoms with Crippen LogP contribution in [0, 0.1) is 6.92 Å². The van der Waals surface area contributed by atoms with Gasteiger partial charge in [0.2, 0.25) is 0 Å². The molecule has 0 aliphatic rings. The molecule has 17 heavy (non-hydrogen) atoms. The third-order valence-corrected chi connectivity index (χ3v) is 2.61. The minimum atomic E-state index is -0.191. The van der Waals surface area contributed by atoms with Crippen molar-refractivity contribution in [2.24, 2.45) is 0 Å². The predicted molar refractivity (Wildman–Crippen MR) is 68.4 cm³/mol. The van der Waals surface area contributed by atoms with Gasteiger partial charge in [-0.2, -0.15) is 0 Å². The number of aromatic nitrogens is 1. The molecule has 0 bridgehead atoms. The summed E-state index contributed by atoms with van der Waals surface area (Å²) in [6.07, 6.45) is 1.45. The van der Waals surface area contributed by atoms with E-state index in [0.29, 0.717) is 10.7 Å². The molecule has 1 aromatic heterocycles. The highest BCUT2D eigenvalue weighted by molar-refractivity contribution is 6.29. The molecular formula is C13H11ClN2O. The van der Waals surface area contributed by atoms with Gasteiger partial charge in [-0.3, -0.25) is 4.79 Å². The van der Waals surface area contributed by atoms with Gasteiger partial charge in [-0.15, -0.1) is 0 Å². The lowest BCUT2D eigenvalue weighted by Crippen LogP contribution is -2.12. The number of amides is 1. The van der Waals surface area contributed by atoms with Gasteiger partial charge in [0.15, 0.2) is 0 Å². The molecule has 3 nitrogen and oxygen atoms in total. The second-order valence-electron chi connectivity index (χ2n) is 3.64. The number of anilines is 1.